The topological polar surface area (TPSA) is 35.5 Å². The Bertz CT molecular complexity index is 128. The molecule has 2 unspecified atom stereocenters. The molecule has 3 nitrogen and oxygen atoms in total. The van der Waals surface area contributed by atoms with Crippen LogP contribution in [0.1, 0.15) is 13.3 Å². The average Bonchev–Trinajstić information content (AvgIpc) is 2.07. The lowest BCUT2D eigenvalue weighted by atomic mass is 9.97. The molecule has 1 heterocycles. The lowest BCUT2D eigenvalue weighted by molar-refractivity contribution is 0.0357. The van der Waals surface area contributed by atoms with Crippen molar-refractivity contribution in [3.05, 3.63) is 0 Å². The summed E-state index contributed by atoms with van der Waals surface area (Å²) >= 11 is 0. The van der Waals surface area contributed by atoms with E-state index >= 15 is 0 Å². The largest absolute Gasteiger partial charge is 0.393 e. The molecule has 2 atom stereocenters. The van der Waals surface area contributed by atoms with Gasteiger partial charge in [-0.3, -0.25) is 0 Å². The van der Waals surface area contributed by atoms with Crippen molar-refractivity contribution in [3.63, 3.8) is 0 Å². The van der Waals surface area contributed by atoms with Crippen LogP contribution in [0, 0.1) is 5.92 Å². The molecule has 0 aromatic heterocycles. The van der Waals surface area contributed by atoms with Gasteiger partial charge < -0.3 is 15.3 Å². The van der Waals surface area contributed by atoms with E-state index in [1.807, 2.05) is 7.05 Å². The van der Waals surface area contributed by atoms with Gasteiger partial charge in [0.1, 0.15) is 0 Å². The monoisotopic (exact) mass is 172 g/mol. The summed E-state index contributed by atoms with van der Waals surface area (Å²) in [5, 5.41) is 12.6. The summed E-state index contributed by atoms with van der Waals surface area (Å²) in [5.74, 6) is 0.440. The van der Waals surface area contributed by atoms with Crippen molar-refractivity contribution in [2.24, 2.45) is 5.92 Å². The number of nitrogens with zero attached hydrogens (tertiary/aromatic N) is 1. The van der Waals surface area contributed by atoms with Crippen LogP contribution in [0.25, 0.3) is 0 Å². The number of likely N-dealkylation sites (tertiary alicyclic amines) is 1. The van der Waals surface area contributed by atoms with Gasteiger partial charge in [-0.25, -0.2) is 0 Å². The molecule has 0 aromatic rings. The molecule has 0 aliphatic carbocycles. The Morgan fingerprint density at radius 1 is 1.58 bits per heavy atom. The summed E-state index contributed by atoms with van der Waals surface area (Å²) < 4.78 is 0. The summed E-state index contributed by atoms with van der Waals surface area (Å²) in [6.07, 6.45) is 0.862. The second kappa shape index (κ2) is 4.80. The van der Waals surface area contributed by atoms with E-state index in [-0.39, 0.29) is 6.10 Å². The molecule has 0 aromatic carbocycles. The molecule has 0 bridgehead atoms. The first kappa shape index (κ1) is 9.96. The molecule has 1 rings (SSSR count). The molecule has 1 aliphatic rings. The molecule has 1 aliphatic heterocycles. The Hall–Kier alpha value is -0.120. The van der Waals surface area contributed by atoms with Gasteiger partial charge >= 0.3 is 0 Å². The number of rotatable bonds is 3. The smallest absolute Gasteiger partial charge is 0.0590 e. The summed E-state index contributed by atoms with van der Waals surface area (Å²) in [7, 11) is 1.97. The van der Waals surface area contributed by atoms with Crippen LogP contribution in [0.4, 0.5) is 0 Å². The standard InChI is InChI=1S/C9H20N2O/c1-8-7-11(6-4-10-2)5-3-9(8)12/h8-10,12H,3-7H2,1-2H3. The van der Waals surface area contributed by atoms with Crippen LogP contribution in [0.2, 0.25) is 0 Å². The van der Waals surface area contributed by atoms with Crippen molar-refractivity contribution in [1.29, 1.82) is 0 Å². The maximum atomic E-state index is 9.48. The third-order valence-electron chi connectivity index (χ3n) is 2.62. The van der Waals surface area contributed by atoms with E-state index in [9.17, 15) is 5.11 Å². The number of aliphatic hydroxyl groups excluding tert-OH is 1. The molecule has 12 heavy (non-hydrogen) atoms. The number of hydrogen-bond acceptors (Lipinski definition) is 3. The Morgan fingerprint density at radius 3 is 2.92 bits per heavy atom. The quantitative estimate of drug-likeness (QED) is 0.624. The first-order valence-electron chi connectivity index (χ1n) is 4.79. The van der Waals surface area contributed by atoms with E-state index in [1.165, 1.54) is 0 Å². The van der Waals surface area contributed by atoms with E-state index in [0.29, 0.717) is 5.92 Å². The van der Waals surface area contributed by atoms with E-state index in [1.54, 1.807) is 0 Å². The highest BCUT2D eigenvalue weighted by Crippen LogP contribution is 2.15. The Balaban J connectivity index is 2.21. The van der Waals surface area contributed by atoms with E-state index in [2.05, 4.69) is 17.1 Å². The molecule has 1 saturated heterocycles. The summed E-state index contributed by atoms with van der Waals surface area (Å²) in [6.45, 7) is 6.36. The first-order chi connectivity index (χ1) is 5.74. The molecule has 2 N–H and O–H groups in total. The minimum atomic E-state index is -0.0733. The van der Waals surface area contributed by atoms with Crippen molar-refractivity contribution in [2.45, 2.75) is 19.4 Å². The van der Waals surface area contributed by atoms with Crippen LogP contribution in [0.3, 0.4) is 0 Å². The van der Waals surface area contributed by atoms with Gasteiger partial charge in [0.15, 0.2) is 0 Å². The molecule has 3 heteroatoms. The Morgan fingerprint density at radius 2 is 2.33 bits per heavy atom. The predicted molar refractivity (Wildman–Crippen MR) is 50.2 cm³/mol. The zero-order valence-electron chi connectivity index (χ0n) is 8.08. The average molecular weight is 172 g/mol. The second-order valence-corrected chi connectivity index (χ2v) is 3.74. The first-order valence-corrected chi connectivity index (χ1v) is 4.79. The number of aliphatic hydroxyl groups is 1. The fraction of sp³-hybridized carbons (Fsp3) is 1.00. The van der Waals surface area contributed by atoms with Gasteiger partial charge in [0.2, 0.25) is 0 Å². The third kappa shape index (κ3) is 2.73. The highest BCUT2D eigenvalue weighted by Gasteiger charge is 2.23. The Kier molecular flexibility index (Phi) is 3.98. The van der Waals surface area contributed by atoms with Crippen LogP contribution in [0.15, 0.2) is 0 Å². The van der Waals surface area contributed by atoms with Crippen molar-refractivity contribution in [2.75, 3.05) is 33.2 Å². The SMILES string of the molecule is CNCCN1CCC(O)C(C)C1. The van der Waals surface area contributed by atoms with Gasteiger partial charge in [-0.1, -0.05) is 6.92 Å². The van der Waals surface area contributed by atoms with Gasteiger partial charge in [-0.05, 0) is 19.4 Å². The third-order valence-corrected chi connectivity index (χ3v) is 2.62. The summed E-state index contributed by atoms with van der Waals surface area (Å²) in [4.78, 5) is 2.41. The van der Waals surface area contributed by atoms with Crippen LogP contribution in [0.5, 0.6) is 0 Å². The zero-order chi connectivity index (χ0) is 8.97. The zero-order valence-corrected chi connectivity index (χ0v) is 8.08. The molecular weight excluding hydrogens is 152 g/mol. The number of likely N-dealkylation sites (N-methyl/N-ethyl adjacent to an activating group) is 1. The van der Waals surface area contributed by atoms with Crippen LogP contribution in [-0.2, 0) is 0 Å². The van der Waals surface area contributed by atoms with Crippen LogP contribution in [-0.4, -0.2) is 49.3 Å². The van der Waals surface area contributed by atoms with Crippen molar-refractivity contribution in [3.8, 4) is 0 Å². The normalized spacial score (nSPS) is 32.2. The van der Waals surface area contributed by atoms with E-state index in [4.69, 9.17) is 0 Å². The lowest BCUT2D eigenvalue weighted by Gasteiger charge is -2.34. The van der Waals surface area contributed by atoms with Gasteiger partial charge in [-0.2, -0.15) is 0 Å². The molecule has 0 amide bonds. The fourth-order valence-corrected chi connectivity index (χ4v) is 1.69. The van der Waals surface area contributed by atoms with Crippen LogP contribution < -0.4 is 5.32 Å². The highest BCUT2D eigenvalue weighted by atomic mass is 16.3. The summed E-state index contributed by atoms with van der Waals surface area (Å²) in [5.41, 5.74) is 0. The lowest BCUT2D eigenvalue weighted by Crippen LogP contribution is -2.44. The predicted octanol–water partition coefficient (Wildman–Crippen LogP) is -0.0915. The molecule has 0 saturated carbocycles. The number of nitrogens with one attached hydrogen (secondary N) is 1. The van der Waals surface area contributed by atoms with Crippen molar-refractivity contribution in [1.82, 2.24) is 10.2 Å². The minimum absolute atomic E-state index is 0.0733. The van der Waals surface area contributed by atoms with E-state index in [0.717, 1.165) is 32.6 Å². The summed E-state index contributed by atoms with van der Waals surface area (Å²) in [6, 6.07) is 0. The molecular formula is C9H20N2O. The van der Waals surface area contributed by atoms with Gasteiger partial charge in [0.25, 0.3) is 0 Å². The molecule has 72 valence electrons. The number of hydrogen-bond donors (Lipinski definition) is 2. The highest BCUT2D eigenvalue weighted by molar-refractivity contribution is 4.76. The minimum Gasteiger partial charge on any atom is -0.393 e. The van der Waals surface area contributed by atoms with Crippen LogP contribution >= 0.6 is 0 Å². The van der Waals surface area contributed by atoms with Crippen molar-refractivity contribution >= 4 is 0 Å². The number of piperidine rings is 1. The maximum absolute atomic E-state index is 9.48. The fourth-order valence-electron chi connectivity index (χ4n) is 1.69. The second-order valence-electron chi connectivity index (χ2n) is 3.74. The Labute approximate surface area is 74.8 Å². The van der Waals surface area contributed by atoms with Gasteiger partial charge in [0.05, 0.1) is 6.10 Å². The van der Waals surface area contributed by atoms with Gasteiger partial charge in [0, 0.05) is 26.2 Å². The molecule has 0 radical (unpaired) electrons. The van der Waals surface area contributed by atoms with Gasteiger partial charge in [-0.15, -0.1) is 0 Å². The molecule has 0 spiro atoms. The van der Waals surface area contributed by atoms with Crippen molar-refractivity contribution < 1.29 is 5.11 Å². The molecule has 1 fully saturated rings. The maximum Gasteiger partial charge on any atom is 0.0590 e. The van der Waals surface area contributed by atoms with E-state index < -0.39 is 0 Å².